The molecule has 0 radical (unpaired) electrons. The van der Waals surface area contributed by atoms with E-state index in [9.17, 15) is 9.59 Å². The van der Waals surface area contributed by atoms with E-state index < -0.39 is 0 Å². The molecule has 2 aromatic rings. The van der Waals surface area contributed by atoms with Crippen LogP contribution in [0.4, 0.5) is 0 Å². The normalized spacial score (nSPS) is 10.9. The minimum Gasteiger partial charge on any atom is -0.463 e. The Morgan fingerprint density at radius 1 is 1.33 bits per heavy atom. The Kier molecular flexibility index (Phi) is 5.01. The van der Waals surface area contributed by atoms with Crippen molar-refractivity contribution in [1.82, 2.24) is 10.3 Å². The van der Waals surface area contributed by atoms with Gasteiger partial charge in [0.25, 0.3) is 5.91 Å². The molecule has 0 saturated carbocycles. The molecule has 1 amide bonds. The minimum atomic E-state index is -0.314. The molecule has 21 heavy (non-hydrogen) atoms. The number of rotatable bonds is 5. The van der Waals surface area contributed by atoms with Crippen LogP contribution in [0.2, 0.25) is 0 Å². The van der Waals surface area contributed by atoms with Gasteiger partial charge < -0.3 is 15.0 Å². The second kappa shape index (κ2) is 6.76. The van der Waals surface area contributed by atoms with Crippen LogP contribution in [0.1, 0.15) is 30.8 Å². The second-order valence-electron chi connectivity index (χ2n) is 4.96. The van der Waals surface area contributed by atoms with Gasteiger partial charge in [-0.3, -0.25) is 9.59 Å². The van der Waals surface area contributed by atoms with Gasteiger partial charge in [0.1, 0.15) is 5.69 Å². The van der Waals surface area contributed by atoms with Crippen LogP contribution < -0.4 is 5.32 Å². The molecule has 1 heterocycles. The average Bonchev–Trinajstić information content (AvgIpc) is 2.80. The first kappa shape index (κ1) is 15.6. The Hall–Kier alpha value is -1.82. The number of aromatic amines is 1. The zero-order valence-electron chi connectivity index (χ0n) is 11.9. The first-order chi connectivity index (χ1) is 9.95. The third-order valence-electron chi connectivity index (χ3n) is 2.81. The Morgan fingerprint density at radius 3 is 2.81 bits per heavy atom. The Morgan fingerprint density at radius 2 is 2.10 bits per heavy atom. The lowest BCUT2D eigenvalue weighted by Crippen LogP contribution is -2.27. The van der Waals surface area contributed by atoms with Gasteiger partial charge in [-0.1, -0.05) is 15.9 Å². The quantitative estimate of drug-likeness (QED) is 0.812. The largest absolute Gasteiger partial charge is 0.463 e. The van der Waals surface area contributed by atoms with Crippen LogP contribution in [0.3, 0.4) is 0 Å². The molecule has 0 aliphatic carbocycles. The van der Waals surface area contributed by atoms with Gasteiger partial charge in [-0.15, -0.1) is 0 Å². The third-order valence-corrected chi connectivity index (χ3v) is 3.30. The summed E-state index contributed by atoms with van der Waals surface area (Å²) in [7, 11) is 0. The van der Waals surface area contributed by atoms with Crippen LogP contribution in [0.5, 0.6) is 0 Å². The fourth-order valence-corrected chi connectivity index (χ4v) is 2.30. The number of carbonyl (C=O) groups is 2. The summed E-state index contributed by atoms with van der Waals surface area (Å²) in [6.07, 6.45) is 0.0238. The Balaban J connectivity index is 1.91. The van der Waals surface area contributed by atoms with Crippen LogP contribution in [0.25, 0.3) is 10.9 Å². The predicted molar refractivity (Wildman–Crippen MR) is 84.2 cm³/mol. The van der Waals surface area contributed by atoms with Crippen molar-refractivity contribution in [1.29, 1.82) is 0 Å². The summed E-state index contributed by atoms with van der Waals surface area (Å²) in [6, 6.07) is 7.52. The van der Waals surface area contributed by atoms with Crippen molar-refractivity contribution in [2.24, 2.45) is 0 Å². The van der Waals surface area contributed by atoms with Crippen LogP contribution >= 0.6 is 15.9 Å². The van der Waals surface area contributed by atoms with Crippen molar-refractivity contribution >= 4 is 38.7 Å². The molecule has 1 aromatic carbocycles. The maximum Gasteiger partial charge on any atom is 0.307 e. The number of hydrogen-bond donors (Lipinski definition) is 2. The van der Waals surface area contributed by atoms with Crippen molar-refractivity contribution in [3.8, 4) is 0 Å². The summed E-state index contributed by atoms with van der Waals surface area (Å²) >= 11 is 3.39. The van der Waals surface area contributed by atoms with E-state index in [0.29, 0.717) is 5.69 Å². The summed E-state index contributed by atoms with van der Waals surface area (Å²) in [5.74, 6) is -0.550. The second-order valence-corrected chi connectivity index (χ2v) is 5.87. The molecule has 112 valence electrons. The molecule has 5 nitrogen and oxygen atoms in total. The highest BCUT2D eigenvalue weighted by Gasteiger charge is 2.11. The maximum atomic E-state index is 12.0. The van der Waals surface area contributed by atoms with Crippen LogP contribution in [0, 0.1) is 0 Å². The summed E-state index contributed by atoms with van der Waals surface area (Å²) in [6.45, 7) is 3.83. The molecule has 0 aliphatic rings. The van der Waals surface area contributed by atoms with E-state index in [2.05, 4.69) is 26.2 Å². The van der Waals surface area contributed by atoms with E-state index in [0.717, 1.165) is 15.4 Å². The Bertz CT molecular complexity index is 664. The molecule has 2 rings (SSSR count). The first-order valence-electron chi connectivity index (χ1n) is 6.71. The summed E-state index contributed by atoms with van der Waals surface area (Å²) in [5, 5.41) is 3.65. The number of H-pyrrole nitrogens is 1. The van der Waals surface area contributed by atoms with Crippen molar-refractivity contribution in [3.05, 3.63) is 34.4 Å². The fraction of sp³-hybridized carbons (Fsp3) is 0.333. The van der Waals surface area contributed by atoms with Crippen LogP contribution in [-0.2, 0) is 9.53 Å². The molecule has 1 aromatic heterocycles. The number of nitrogens with one attached hydrogen (secondary N) is 2. The summed E-state index contributed by atoms with van der Waals surface area (Å²) in [4.78, 5) is 26.4. The van der Waals surface area contributed by atoms with Crippen LogP contribution in [0.15, 0.2) is 28.7 Å². The Labute approximate surface area is 131 Å². The predicted octanol–water partition coefficient (Wildman–Crippen LogP) is 3.00. The van der Waals surface area contributed by atoms with E-state index in [1.54, 1.807) is 19.9 Å². The van der Waals surface area contributed by atoms with Crippen molar-refractivity contribution in [2.75, 3.05) is 6.54 Å². The highest BCUT2D eigenvalue weighted by molar-refractivity contribution is 9.10. The fourth-order valence-electron chi connectivity index (χ4n) is 1.92. The van der Waals surface area contributed by atoms with Crippen molar-refractivity contribution in [3.63, 3.8) is 0 Å². The van der Waals surface area contributed by atoms with Gasteiger partial charge in [-0.05, 0) is 38.1 Å². The van der Waals surface area contributed by atoms with E-state index >= 15 is 0 Å². The smallest absolute Gasteiger partial charge is 0.307 e. The maximum absolute atomic E-state index is 12.0. The first-order valence-corrected chi connectivity index (χ1v) is 7.51. The SMILES string of the molecule is CC(C)OC(=O)CCNC(=O)c1cc2cc(Br)ccc2[nH]1. The lowest BCUT2D eigenvalue weighted by molar-refractivity contribution is -0.147. The average molecular weight is 353 g/mol. The summed E-state index contributed by atoms with van der Waals surface area (Å²) < 4.78 is 5.95. The molecule has 0 fully saturated rings. The van der Waals surface area contributed by atoms with Gasteiger partial charge in [0.2, 0.25) is 0 Å². The zero-order chi connectivity index (χ0) is 15.4. The standard InChI is InChI=1S/C15H17BrN2O3/c1-9(2)21-14(19)5-6-17-15(20)13-8-10-7-11(16)3-4-12(10)18-13/h3-4,7-9,18H,5-6H2,1-2H3,(H,17,20). The van der Waals surface area contributed by atoms with Gasteiger partial charge in [0.05, 0.1) is 12.5 Å². The number of hydrogen-bond acceptors (Lipinski definition) is 3. The van der Waals surface area contributed by atoms with E-state index in [1.807, 2.05) is 18.2 Å². The van der Waals surface area contributed by atoms with E-state index in [-0.39, 0.29) is 30.9 Å². The van der Waals surface area contributed by atoms with E-state index in [1.165, 1.54) is 0 Å². The number of ether oxygens (including phenoxy) is 1. The lowest BCUT2D eigenvalue weighted by Gasteiger charge is -2.08. The highest BCUT2D eigenvalue weighted by Crippen LogP contribution is 2.20. The highest BCUT2D eigenvalue weighted by atomic mass is 79.9. The monoisotopic (exact) mass is 352 g/mol. The van der Waals surface area contributed by atoms with Crippen molar-refractivity contribution < 1.29 is 14.3 Å². The van der Waals surface area contributed by atoms with Gasteiger partial charge >= 0.3 is 5.97 Å². The molecule has 6 heteroatoms. The molecule has 0 aliphatic heterocycles. The molecule has 0 bridgehead atoms. The van der Waals surface area contributed by atoms with Crippen molar-refractivity contribution in [2.45, 2.75) is 26.4 Å². The van der Waals surface area contributed by atoms with Gasteiger partial charge in [0.15, 0.2) is 0 Å². The van der Waals surface area contributed by atoms with Gasteiger partial charge in [-0.25, -0.2) is 0 Å². The topological polar surface area (TPSA) is 71.2 Å². The third kappa shape index (κ3) is 4.32. The number of esters is 1. The number of benzene rings is 1. The van der Waals surface area contributed by atoms with Gasteiger partial charge in [0, 0.05) is 21.9 Å². The molecule has 0 atom stereocenters. The number of aromatic nitrogens is 1. The van der Waals surface area contributed by atoms with E-state index in [4.69, 9.17) is 4.74 Å². The minimum absolute atomic E-state index is 0.139. The lowest BCUT2D eigenvalue weighted by atomic mass is 10.2. The summed E-state index contributed by atoms with van der Waals surface area (Å²) in [5.41, 5.74) is 1.36. The molecule has 0 unspecified atom stereocenters. The molecule has 2 N–H and O–H groups in total. The number of halogens is 1. The number of amides is 1. The molecular formula is C15H17BrN2O3. The molecule has 0 saturated heterocycles. The molecule has 0 spiro atoms. The number of carbonyl (C=O) groups excluding carboxylic acids is 2. The van der Waals surface area contributed by atoms with Crippen LogP contribution in [-0.4, -0.2) is 29.5 Å². The molecular weight excluding hydrogens is 336 g/mol. The zero-order valence-corrected chi connectivity index (χ0v) is 13.5. The number of fused-ring (bicyclic) bond motifs is 1. The van der Waals surface area contributed by atoms with Gasteiger partial charge in [-0.2, -0.15) is 0 Å².